The molecule has 0 radical (unpaired) electrons. The zero-order valence-corrected chi connectivity index (χ0v) is 14.0. The number of benzene rings is 1. The van der Waals surface area contributed by atoms with E-state index in [-0.39, 0.29) is 5.91 Å². The summed E-state index contributed by atoms with van der Waals surface area (Å²) in [6.07, 6.45) is 4.42. The van der Waals surface area contributed by atoms with Gasteiger partial charge in [-0.2, -0.15) is 0 Å². The van der Waals surface area contributed by atoms with Crippen molar-refractivity contribution in [3.05, 3.63) is 40.1 Å². The third-order valence-electron chi connectivity index (χ3n) is 4.36. The van der Waals surface area contributed by atoms with Crippen molar-refractivity contribution in [3.8, 4) is 5.69 Å². The van der Waals surface area contributed by atoms with Gasteiger partial charge in [-0.15, -0.1) is 5.10 Å². The minimum absolute atomic E-state index is 0.00719. The van der Waals surface area contributed by atoms with Gasteiger partial charge in [0.1, 0.15) is 0 Å². The third kappa shape index (κ3) is 2.45. The van der Waals surface area contributed by atoms with Crippen molar-refractivity contribution in [2.45, 2.75) is 37.6 Å². The minimum atomic E-state index is 0.00719. The van der Waals surface area contributed by atoms with Crippen LogP contribution in [0.5, 0.6) is 0 Å². The van der Waals surface area contributed by atoms with E-state index in [4.69, 9.17) is 0 Å². The molecular weight excluding hydrogens is 344 g/mol. The maximum atomic E-state index is 12.7. The lowest BCUT2D eigenvalue weighted by molar-refractivity contribution is 0.0778. The van der Waals surface area contributed by atoms with Gasteiger partial charge in [0.2, 0.25) is 0 Å². The summed E-state index contributed by atoms with van der Waals surface area (Å²) in [6.45, 7) is 0. The maximum absolute atomic E-state index is 12.7. The Morgan fingerprint density at radius 3 is 2.50 bits per heavy atom. The van der Waals surface area contributed by atoms with E-state index in [9.17, 15) is 4.79 Å². The number of halogens is 1. The fraction of sp³-hybridized carbons (Fsp3) is 0.438. The molecule has 5 nitrogen and oxygen atoms in total. The zero-order valence-electron chi connectivity index (χ0n) is 12.4. The predicted molar refractivity (Wildman–Crippen MR) is 86.1 cm³/mol. The monoisotopic (exact) mass is 360 g/mol. The molecule has 2 aliphatic rings. The fourth-order valence-electron chi connectivity index (χ4n) is 2.73. The number of carbonyl (C=O) groups is 1. The largest absolute Gasteiger partial charge is 0.337 e. The second-order valence-corrected chi connectivity index (χ2v) is 7.05. The Balaban J connectivity index is 1.74. The van der Waals surface area contributed by atoms with Gasteiger partial charge in [0.05, 0.1) is 11.4 Å². The molecule has 2 aliphatic carbocycles. The van der Waals surface area contributed by atoms with Gasteiger partial charge in [0.15, 0.2) is 5.69 Å². The molecule has 1 heterocycles. The summed E-state index contributed by atoms with van der Waals surface area (Å²) < 4.78 is 2.85. The summed E-state index contributed by atoms with van der Waals surface area (Å²) in [5, 5.41) is 8.48. The van der Waals surface area contributed by atoms with Gasteiger partial charge in [-0.25, -0.2) is 4.68 Å². The molecule has 2 aromatic rings. The van der Waals surface area contributed by atoms with Crippen molar-refractivity contribution in [3.63, 3.8) is 0 Å². The quantitative estimate of drug-likeness (QED) is 0.841. The Labute approximate surface area is 137 Å². The molecule has 1 amide bonds. The van der Waals surface area contributed by atoms with Crippen molar-refractivity contribution < 1.29 is 4.79 Å². The standard InChI is InChI=1S/C16H17BrN4O/c1-20(12-8-9-12)16(22)14-15(10-2-3-10)21(19-18-14)13-6-4-11(17)5-7-13/h4-7,10,12H,2-3,8-9H2,1H3. The number of hydrogen-bond donors (Lipinski definition) is 0. The van der Waals surface area contributed by atoms with E-state index in [1.165, 1.54) is 0 Å². The average Bonchev–Trinajstić information content (AvgIpc) is 3.44. The lowest BCUT2D eigenvalue weighted by Gasteiger charge is -2.15. The summed E-state index contributed by atoms with van der Waals surface area (Å²) in [5.74, 6) is 0.415. The molecule has 0 bridgehead atoms. The highest BCUT2D eigenvalue weighted by Gasteiger charge is 2.38. The van der Waals surface area contributed by atoms with Crippen LogP contribution >= 0.6 is 15.9 Å². The van der Waals surface area contributed by atoms with Gasteiger partial charge < -0.3 is 4.90 Å². The number of nitrogens with zero attached hydrogens (tertiary/aromatic N) is 4. The van der Waals surface area contributed by atoms with Crippen molar-refractivity contribution >= 4 is 21.8 Å². The molecule has 0 spiro atoms. The van der Waals surface area contributed by atoms with Gasteiger partial charge >= 0.3 is 0 Å². The minimum Gasteiger partial charge on any atom is -0.337 e. The van der Waals surface area contributed by atoms with Gasteiger partial charge in [0, 0.05) is 23.5 Å². The molecule has 6 heteroatoms. The van der Waals surface area contributed by atoms with E-state index in [0.717, 1.165) is 41.5 Å². The first-order valence-corrected chi connectivity index (χ1v) is 8.43. The molecule has 0 N–H and O–H groups in total. The van der Waals surface area contributed by atoms with Crippen LogP contribution in [-0.2, 0) is 0 Å². The Morgan fingerprint density at radius 1 is 1.23 bits per heavy atom. The first-order chi connectivity index (χ1) is 10.6. The van der Waals surface area contributed by atoms with E-state index in [1.54, 1.807) is 0 Å². The molecule has 2 saturated carbocycles. The smallest absolute Gasteiger partial charge is 0.276 e. The van der Waals surface area contributed by atoms with E-state index in [2.05, 4.69) is 26.2 Å². The Morgan fingerprint density at radius 2 is 1.91 bits per heavy atom. The molecule has 1 aromatic heterocycles. The van der Waals surface area contributed by atoms with Crippen molar-refractivity contribution in [2.75, 3.05) is 7.05 Å². The molecule has 0 unspecified atom stereocenters. The maximum Gasteiger partial charge on any atom is 0.276 e. The summed E-state index contributed by atoms with van der Waals surface area (Å²) >= 11 is 3.44. The normalized spacial score (nSPS) is 17.5. The second kappa shape index (κ2) is 5.19. The van der Waals surface area contributed by atoms with Crippen LogP contribution in [-0.4, -0.2) is 38.9 Å². The molecule has 4 rings (SSSR count). The fourth-order valence-corrected chi connectivity index (χ4v) is 3.00. The van der Waals surface area contributed by atoms with Crippen molar-refractivity contribution in [2.24, 2.45) is 0 Å². The number of carbonyl (C=O) groups excluding carboxylic acids is 1. The highest BCUT2D eigenvalue weighted by atomic mass is 79.9. The molecule has 2 fully saturated rings. The van der Waals surface area contributed by atoms with Crippen LogP contribution in [0.2, 0.25) is 0 Å². The predicted octanol–water partition coefficient (Wildman–Crippen LogP) is 3.14. The molecule has 22 heavy (non-hydrogen) atoms. The lowest BCUT2D eigenvalue weighted by atomic mass is 10.2. The second-order valence-electron chi connectivity index (χ2n) is 6.13. The van der Waals surface area contributed by atoms with Crippen LogP contribution in [0.15, 0.2) is 28.7 Å². The van der Waals surface area contributed by atoms with Gasteiger partial charge in [-0.1, -0.05) is 21.1 Å². The van der Waals surface area contributed by atoms with Crippen LogP contribution in [0.3, 0.4) is 0 Å². The highest BCUT2D eigenvalue weighted by molar-refractivity contribution is 9.10. The molecule has 0 aliphatic heterocycles. The van der Waals surface area contributed by atoms with Gasteiger partial charge in [-0.05, 0) is 49.9 Å². The third-order valence-corrected chi connectivity index (χ3v) is 4.89. The van der Waals surface area contributed by atoms with Crippen LogP contribution in [0.25, 0.3) is 5.69 Å². The summed E-state index contributed by atoms with van der Waals surface area (Å²) in [6, 6.07) is 8.32. The zero-order chi connectivity index (χ0) is 15.3. The molecular formula is C16H17BrN4O. The van der Waals surface area contributed by atoms with E-state index in [0.29, 0.717) is 17.7 Å². The van der Waals surface area contributed by atoms with Crippen LogP contribution < -0.4 is 0 Å². The van der Waals surface area contributed by atoms with Crippen LogP contribution in [0, 0.1) is 0 Å². The topological polar surface area (TPSA) is 51.0 Å². The lowest BCUT2D eigenvalue weighted by Crippen LogP contribution is -2.30. The van der Waals surface area contributed by atoms with E-state index in [1.807, 2.05) is 40.9 Å². The van der Waals surface area contributed by atoms with Crippen molar-refractivity contribution in [1.82, 2.24) is 19.9 Å². The van der Waals surface area contributed by atoms with E-state index < -0.39 is 0 Å². The Hall–Kier alpha value is -1.69. The Bertz CT molecular complexity index is 716. The Kier molecular flexibility index (Phi) is 3.29. The van der Waals surface area contributed by atoms with Crippen LogP contribution in [0.1, 0.15) is 47.8 Å². The van der Waals surface area contributed by atoms with Crippen molar-refractivity contribution in [1.29, 1.82) is 0 Å². The average molecular weight is 361 g/mol. The van der Waals surface area contributed by atoms with Gasteiger partial charge in [0.25, 0.3) is 5.91 Å². The first-order valence-electron chi connectivity index (χ1n) is 7.64. The van der Waals surface area contributed by atoms with Crippen LogP contribution in [0.4, 0.5) is 0 Å². The molecule has 0 atom stereocenters. The number of aromatic nitrogens is 3. The SMILES string of the molecule is CN(C(=O)c1nnn(-c2ccc(Br)cc2)c1C1CC1)C1CC1. The highest BCUT2D eigenvalue weighted by Crippen LogP contribution is 2.42. The molecule has 114 valence electrons. The van der Waals surface area contributed by atoms with E-state index >= 15 is 0 Å². The molecule has 1 aromatic carbocycles. The summed E-state index contributed by atoms with van der Waals surface area (Å²) in [5.41, 5.74) is 2.45. The number of rotatable bonds is 4. The summed E-state index contributed by atoms with van der Waals surface area (Å²) in [7, 11) is 1.87. The summed E-state index contributed by atoms with van der Waals surface area (Å²) in [4.78, 5) is 14.5. The molecule has 0 saturated heterocycles. The first kappa shape index (κ1) is 13.9. The van der Waals surface area contributed by atoms with Gasteiger partial charge in [-0.3, -0.25) is 4.79 Å². The number of amides is 1. The number of hydrogen-bond acceptors (Lipinski definition) is 3.